The molecule has 4 aromatic rings. The first-order chi connectivity index (χ1) is 13.7. The quantitative estimate of drug-likeness (QED) is 0.472. The molecule has 4 rings (SSSR count). The van der Waals surface area contributed by atoms with E-state index in [1.165, 1.54) is 5.56 Å². The molecule has 0 bridgehead atoms. The van der Waals surface area contributed by atoms with E-state index in [1.54, 1.807) is 21.1 Å². The standard InChI is InChI=1S/C20H20N6OS/c1-15-18(19(27)26(24(15)2)17-11-7-4-8-12-17)25-20(21-22-23-25)28-14-13-16-9-5-3-6-10-16/h3-12H,13-14H2,1-2H3. The third-order valence-corrected chi connectivity index (χ3v) is 5.56. The van der Waals surface area contributed by atoms with Crippen LogP contribution < -0.4 is 5.56 Å². The molecule has 0 aliphatic carbocycles. The number of hydrogen-bond donors (Lipinski definition) is 0. The Kier molecular flexibility index (Phi) is 5.12. The largest absolute Gasteiger partial charge is 0.297 e. The molecular formula is C20H20N6OS. The average Bonchev–Trinajstić information content (AvgIpc) is 3.26. The molecule has 2 aromatic heterocycles. The van der Waals surface area contributed by atoms with Crippen molar-refractivity contribution in [1.82, 2.24) is 29.6 Å². The SMILES string of the molecule is Cc1c(-n2nnnc2SCCc2ccccc2)c(=O)n(-c2ccccc2)n1C. The molecule has 0 aliphatic heterocycles. The first kappa shape index (κ1) is 18.2. The molecule has 0 N–H and O–H groups in total. The zero-order valence-electron chi connectivity index (χ0n) is 15.7. The van der Waals surface area contributed by atoms with Crippen LogP contribution in [0.3, 0.4) is 0 Å². The molecule has 0 aliphatic rings. The molecule has 142 valence electrons. The van der Waals surface area contributed by atoms with Crippen molar-refractivity contribution in [2.75, 3.05) is 5.75 Å². The van der Waals surface area contributed by atoms with Crippen LogP contribution in [0.1, 0.15) is 11.3 Å². The van der Waals surface area contributed by atoms with Gasteiger partial charge in [-0.2, -0.15) is 4.68 Å². The molecular weight excluding hydrogens is 372 g/mol. The van der Waals surface area contributed by atoms with E-state index < -0.39 is 0 Å². The maximum atomic E-state index is 13.2. The maximum absolute atomic E-state index is 13.2. The summed E-state index contributed by atoms with van der Waals surface area (Å²) in [5.74, 6) is 0.823. The third-order valence-electron chi connectivity index (χ3n) is 4.64. The highest BCUT2D eigenvalue weighted by Gasteiger charge is 2.21. The average molecular weight is 392 g/mol. The number of para-hydroxylation sites is 1. The molecule has 0 atom stereocenters. The monoisotopic (exact) mass is 392 g/mol. The van der Waals surface area contributed by atoms with Crippen molar-refractivity contribution in [3.63, 3.8) is 0 Å². The molecule has 7 nitrogen and oxygen atoms in total. The maximum Gasteiger partial charge on any atom is 0.297 e. The number of rotatable bonds is 6. The van der Waals surface area contributed by atoms with Crippen LogP contribution >= 0.6 is 11.8 Å². The number of aromatic nitrogens is 6. The predicted octanol–water partition coefficient (Wildman–Crippen LogP) is 2.79. The second-order valence-electron chi connectivity index (χ2n) is 6.37. The van der Waals surface area contributed by atoms with Crippen molar-refractivity contribution in [3.05, 3.63) is 82.3 Å². The summed E-state index contributed by atoms with van der Waals surface area (Å²) >= 11 is 1.54. The van der Waals surface area contributed by atoms with Gasteiger partial charge >= 0.3 is 0 Å². The van der Waals surface area contributed by atoms with Crippen LogP contribution in [0.5, 0.6) is 0 Å². The molecule has 2 aromatic carbocycles. The highest BCUT2D eigenvalue weighted by Crippen LogP contribution is 2.20. The van der Waals surface area contributed by atoms with Gasteiger partial charge in [0.05, 0.1) is 11.4 Å². The van der Waals surface area contributed by atoms with Crippen molar-refractivity contribution in [1.29, 1.82) is 0 Å². The molecule has 0 amide bonds. The van der Waals surface area contributed by atoms with Gasteiger partial charge in [-0.1, -0.05) is 60.3 Å². The Morgan fingerprint density at radius 3 is 2.39 bits per heavy atom. The summed E-state index contributed by atoms with van der Waals surface area (Å²) in [7, 11) is 1.86. The normalized spacial score (nSPS) is 11.1. The lowest BCUT2D eigenvalue weighted by Crippen LogP contribution is -2.22. The molecule has 0 fully saturated rings. The van der Waals surface area contributed by atoms with Gasteiger partial charge in [-0.15, -0.1) is 5.10 Å². The fourth-order valence-corrected chi connectivity index (χ4v) is 3.98. The number of hydrogen-bond acceptors (Lipinski definition) is 5. The zero-order chi connectivity index (χ0) is 19.5. The molecule has 8 heteroatoms. The molecule has 0 saturated heterocycles. The van der Waals surface area contributed by atoms with Gasteiger partial charge in [-0.05, 0) is 41.5 Å². The lowest BCUT2D eigenvalue weighted by Gasteiger charge is -2.07. The van der Waals surface area contributed by atoms with Crippen molar-refractivity contribution >= 4 is 11.8 Å². The Morgan fingerprint density at radius 1 is 1.00 bits per heavy atom. The second-order valence-corrected chi connectivity index (χ2v) is 7.43. The third kappa shape index (κ3) is 3.38. The Balaban J connectivity index is 1.64. The van der Waals surface area contributed by atoms with Gasteiger partial charge in [0.2, 0.25) is 5.16 Å². The summed E-state index contributed by atoms with van der Waals surface area (Å²) in [4.78, 5) is 13.2. The number of aryl methyl sites for hydroxylation is 1. The van der Waals surface area contributed by atoms with Gasteiger partial charge in [-0.3, -0.25) is 9.48 Å². The van der Waals surface area contributed by atoms with Crippen LogP contribution in [0.4, 0.5) is 0 Å². The highest BCUT2D eigenvalue weighted by molar-refractivity contribution is 7.99. The Morgan fingerprint density at radius 2 is 1.68 bits per heavy atom. The summed E-state index contributed by atoms with van der Waals surface area (Å²) in [6, 6.07) is 19.8. The first-order valence-corrected chi connectivity index (χ1v) is 9.95. The Labute approximate surface area is 166 Å². The zero-order valence-corrected chi connectivity index (χ0v) is 16.5. The van der Waals surface area contributed by atoms with Crippen LogP contribution in [0.25, 0.3) is 11.4 Å². The van der Waals surface area contributed by atoms with Crippen LogP contribution in [0.2, 0.25) is 0 Å². The van der Waals surface area contributed by atoms with Crippen molar-refractivity contribution < 1.29 is 0 Å². The minimum absolute atomic E-state index is 0.150. The number of nitrogens with zero attached hydrogens (tertiary/aromatic N) is 6. The van der Waals surface area contributed by atoms with Crippen LogP contribution in [0, 0.1) is 6.92 Å². The van der Waals surface area contributed by atoms with Gasteiger partial charge in [0.15, 0.2) is 5.69 Å². The van der Waals surface area contributed by atoms with E-state index in [2.05, 4.69) is 27.7 Å². The lowest BCUT2D eigenvalue weighted by molar-refractivity contribution is 0.630. The minimum Gasteiger partial charge on any atom is -0.283 e. The van der Waals surface area contributed by atoms with Gasteiger partial charge in [0.1, 0.15) is 0 Å². The second kappa shape index (κ2) is 7.85. The topological polar surface area (TPSA) is 70.5 Å². The summed E-state index contributed by atoms with van der Waals surface area (Å²) in [6.07, 6.45) is 0.903. The summed E-state index contributed by atoms with van der Waals surface area (Å²) in [5, 5.41) is 12.6. The highest BCUT2D eigenvalue weighted by atomic mass is 32.2. The summed E-state index contributed by atoms with van der Waals surface area (Å²) < 4.78 is 5.00. The van der Waals surface area contributed by atoms with Crippen molar-refractivity contribution in [2.45, 2.75) is 18.5 Å². The molecule has 28 heavy (non-hydrogen) atoms. The smallest absolute Gasteiger partial charge is 0.283 e. The fourth-order valence-electron chi connectivity index (χ4n) is 3.11. The Bertz CT molecular complexity index is 1130. The van der Waals surface area contributed by atoms with E-state index >= 15 is 0 Å². The fraction of sp³-hybridized carbons (Fsp3) is 0.200. The van der Waals surface area contributed by atoms with Gasteiger partial charge in [0.25, 0.3) is 5.56 Å². The Hall–Kier alpha value is -3.13. The molecule has 0 saturated carbocycles. The van der Waals surface area contributed by atoms with Crippen LogP contribution in [-0.4, -0.2) is 35.3 Å². The number of benzene rings is 2. The van der Waals surface area contributed by atoms with E-state index in [9.17, 15) is 4.79 Å². The van der Waals surface area contributed by atoms with Gasteiger partial charge < -0.3 is 0 Å². The lowest BCUT2D eigenvalue weighted by atomic mass is 10.2. The van der Waals surface area contributed by atoms with E-state index in [-0.39, 0.29) is 5.56 Å². The predicted molar refractivity (Wildman–Crippen MR) is 109 cm³/mol. The van der Waals surface area contributed by atoms with Gasteiger partial charge in [-0.25, -0.2) is 4.68 Å². The summed E-state index contributed by atoms with van der Waals surface area (Å²) in [6.45, 7) is 1.90. The van der Waals surface area contributed by atoms with E-state index in [1.807, 2.05) is 67.2 Å². The van der Waals surface area contributed by atoms with E-state index in [0.29, 0.717) is 10.8 Å². The molecule has 0 radical (unpaired) electrons. The van der Waals surface area contributed by atoms with Crippen molar-refractivity contribution in [2.24, 2.45) is 7.05 Å². The number of tetrazole rings is 1. The van der Waals surface area contributed by atoms with Crippen molar-refractivity contribution in [3.8, 4) is 11.4 Å². The first-order valence-electron chi connectivity index (χ1n) is 8.96. The van der Waals surface area contributed by atoms with Gasteiger partial charge in [0, 0.05) is 12.8 Å². The number of thioether (sulfide) groups is 1. The summed E-state index contributed by atoms with van der Waals surface area (Å²) in [5.41, 5.74) is 3.18. The van der Waals surface area contributed by atoms with E-state index in [0.717, 1.165) is 23.6 Å². The molecule has 2 heterocycles. The van der Waals surface area contributed by atoms with Crippen LogP contribution in [0.15, 0.2) is 70.6 Å². The van der Waals surface area contributed by atoms with E-state index in [4.69, 9.17) is 0 Å². The van der Waals surface area contributed by atoms with Crippen LogP contribution in [-0.2, 0) is 13.5 Å². The molecule has 0 unspecified atom stereocenters. The molecule has 0 spiro atoms. The minimum atomic E-state index is -0.150.